The van der Waals surface area contributed by atoms with Crippen LogP contribution in [-0.2, 0) is 17.9 Å². The molecule has 2 N–H and O–H groups in total. The number of nitrogens with zero attached hydrogens (tertiary/aromatic N) is 1. The van der Waals surface area contributed by atoms with Crippen molar-refractivity contribution in [1.29, 1.82) is 0 Å². The van der Waals surface area contributed by atoms with E-state index in [0.29, 0.717) is 32.0 Å². The van der Waals surface area contributed by atoms with E-state index in [1.165, 1.54) is 0 Å². The molecular formula is C23H29N3O3. The van der Waals surface area contributed by atoms with E-state index in [9.17, 15) is 9.59 Å². The van der Waals surface area contributed by atoms with Gasteiger partial charge in [0.1, 0.15) is 5.75 Å². The minimum Gasteiger partial charge on any atom is -0.497 e. The highest BCUT2D eigenvalue weighted by atomic mass is 16.5. The van der Waals surface area contributed by atoms with Gasteiger partial charge in [0.2, 0.25) is 5.91 Å². The summed E-state index contributed by atoms with van der Waals surface area (Å²) in [5, 5.41) is 5.82. The predicted octanol–water partition coefficient (Wildman–Crippen LogP) is 3.32. The van der Waals surface area contributed by atoms with Crippen LogP contribution in [0.5, 0.6) is 5.75 Å². The molecule has 3 rings (SSSR count). The molecular weight excluding hydrogens is 366 g/mol. The maximum atomic E-state index is 12.4. The molecule has 1 aliphatic rings. The molecule has 29 heavy (non-hydrogen) atoms. The molecule has 0 bridgehead atoms. The van der Waals surface area contributed by atoms with E-state index in [1.807, 2.05) is 59.5 Å². The second-order valence-corrected chi connectivity index (χ2v) is 7.41. The zero-order chi connectivity index (χ0) is 20.5. The molecule has 0 aliphatic carbocycles. The first-order valence-corrected chi connectivity index (χ1v) is 10.1. The van der Waals surface area contributed by atoms with Crippen LogP contribution in [0.1, 0.15) is 30.4 Å². The molecule has 1 fully saturated rings. The van der Waals surface area contributed by atoms with Crippen molar-refractivity contribution in [3.05, 3.63) is 65.7 Å². The summed E-state index contributed by atoms with van der Waals surface area (Å²) < 4.78 is 5.13. The fraction of sp³-hybridized carbons (Fsp3) is 0.391. The van der Waals surface area contributed by atoms with E-state index in [2.05, 4.69) is 10.6 Å². The molecule has 0 saturated carbocycles. The molecule has 6 nitrogen and oxygen atoms in total. The zero-order valence-corrected chi connectivity index (χ0v) is 16.9. The molecule has 0 radical (unpaired) electrons. The van der Waals surface area contributed by atoms with Crippen LogP contribution in [0, 0.1) is 5.92 Å². The van der Waals surface area contributed by atoms with Gasteiger partial charge in [-0.2, -0.15) is 0 Å². The summed E-state index contributed by atoms with van der Waals surface area (Å²) in [5.41, 5.74) is 2.16. The summed E-state index contributed by atoms with van der Waals surface area (Å²) in [5.74, 6) is 1.30. The highest BCUT2D eigenvalue weighted by Crippen LogP contribution is 2.19. The summed E-state index contributed by atoms with van der Waals surface area (Å²) in [4.78, 5) is 26.5. The highest BCUT2D eigenvalue weighted by molar-refractivity contribution is 5.76. The number of benzene rings is 2. The summed E-state index contributed by atoms with van der Waals surface area (Å²) in [7, 11) is 1.63. The van der Waals surface area contributed by atoms with Gasteiger partial charge in [0.15, 0.2) is 0 Å². The number of urea groups is 1. The molecule has 2 aromatic carbocycles. The van der Waals surface area contributed by atoms with Crippen LogP contribution in [-0.4, -0.2) is 37.0 Å². The van der Waals surface area contributed by atoms with E-state index in [-0.39, 0.29) is 11.9 Å². The first kappa shape index (κ1) is 20.7. The van der Waals surface area contributed by atoms with E-state index >= 15 is 0 Å². The Labute approximate surface area is 172 Å². The third-order valence-electron chi connectivity index (χ3n) is 5.31. The minimum absolute atomic E-state index is 0.183. The Kier molecular flexibility index (Phi) is 7.50. The number of methoxy groups -OCH3 is 1. The fourth-order valence-electron chi connectivity index (χ4n) is 3.49. The Balaban J connectivity index is 1.40. The third kappa shape index (κ3) is 6.52. The van der Waals surface area contributed by atoms with E-state index < -0.39 is 0 Å². The van der Waals surface area contributed by atoms with Crippen molar-refractivity contribution in [2.75, 3.05) is 20.2 Å². The molecule has 154 valence electrons. The van der Waals surface area contributed by atoms with Crippen molar-refractivity contribution in [3.63, 3.8) is 0 Å². The van der Waals surface area contributed by atoms with Gasteiger partial charge in [0.25, 0.3) is 0 Å². The largest absolute Gasteiger partial charge is 0.497 e. The Hall–Kier alpha value is -3.02. The minimum atomic E-state index is -0.183. The standard InChI is InChI=1S/C23H29N3O3/c1-29-21-10-7-18(8-11-21)15-24-23(28)25-16-19-9-12-22(27)26(14-13-19)17-20-5-3-2-4-6-20/h2-8,10-11,19H,9,12-17H2,1H3,(H2,24,25,28). The molecule has 0 spiro atoms. The van der Waals surface area contributed by atoms with E-state index in [1.54, 1.807) is 7.11 Å². The van der Waals surface area contributed by atoms with Gasteiger partial charge in [0, 0.05) is 32.6 Å². The maximum Gasteiger partial charge on any atom is 0.315 e. The number of amides is 3. The van der Waals surface area contributed by atoms with Crippen LogP contribution in [0.25, 0.3) is 0 Å². The molecule has 1 atom stereocenters. The van der Waals surface area contributed by atoms with Crippen LogP contribution in [0.15, 0.2) is 54.6 Å². The Morgan fingerprint density at radius 1 is 1.03 bits per heavy atom. The summed E-state index contributed by atoms with van der Waals surface area (Å²) in [6, 6.07) is 17.5. The second-order valence-electron chi connectivity index (χ2n) is 7.41. The molecule has 2 aromatic rings. The molecule has 0 aromatic heterocycles. The maximum absolute atomic E-state index is 12.4. The Bertz CT molecular complexity index is 793. The fourth-order valence-corrected chi connectivity index (χ4v) is 3.49. The van der Waals surface area contributed by atoms with E-state index in [4.69, 9.17) is 4.74 Å². The van der Waals surface area contributed by atoms with Gasteiger partial charge in [-0.15, -0.1) is 0 Å². The number of nitrogens with one attached hydrogen (secondary N) is 2. The number of rotatable bonds is 7. The third-order valence-corrected chi connectivity index (χ3v) is 5.31. The van der Waals surface area contributed by atoms with Gasteiger partial charge in [-0.1, -0.05) is 42.5 Å². The van der Waals surface area contributed by atoms with Gasteiger partial charge in [-0.25, -0.2) is 4.79 Å². The normalized spacial score (nSPS) is 16.8. The number of carbonyl (C=O) groups is 2. The molecule has 1 saturated heterocycles. The van der Waals surface area contributed by atoms with Crippen molar-refractivity contribution >= 4 is 11.9 Å². The number of hydrogen-bond donors (Lipinski definition) is 2. The SMILES string of the molecule is COc1ccc(CNC(=O)NCC2CCC(=O)N(Cc3ccccc3)CC2)cc1. The van der Waals surface area contributed by atoms with E-state index in [0.717, 1.165) is 36.3 Å². The predicted molar refractivity (Wildman–Crippen MR) is 112 cm³/mol. The Morgan fingerprint density at radius 3 is 2.52 bits per heavy atom. The monoisotopic (exact) mass is 395 g/mol. The highest BCUT2D eigenvalue weighted by Gasteiger charge is 2.22. The molecule has 3 amide bonds. The lowest BCUT2D eigenvalue weighted by Gasteiger charge is -2.21. The number of hydrogen-bond acceptors (Lipinski definition) is 3. The average Bonchev–Trinajstić information content (AvgIpc) is 2.93. The van der Waals surface area contributed by atoms with Crippen LogP contribution in [0.3, 0.4) is 0 Å². The van der Waals surface area contributed by atoms with Crippen molar-refractivity contribution in [3.8, 4) is 5.75 Å². The summed E-state index contributed by atoms with van der Waals surface area (Å²) in [6.45, 7) is 2.43. The average molecular weight is 396 g/mol. The Morgan fingerprint density at radius 2 is 1.79 bits per heavy atom. The number of ether oxygens (including phenoxy) is 1. The molecule has 1 heterocycles. The first-order chi connectivity index (χ1) is 14.1. The quantitative estimate of drug-likeness (QED) is 0.756. The van der Waals surface area contributed by atoms with Crippen molar-refractivity contribution in [1.82, 2.24) is 15.5 Å². The molecule has 1 unspecified atom stereocenters. The van der Waals surface area contributed by atoms with Gasteiger partial charge < -0.3 is 20.3 Å². The number of likely N-dealkylation sites (tertiary alicyclic amines) is 1. The molecule has 6 heteroatoms. The van der Waals surface area contributed by atoms with Crippen LogP contribution < -0.4 is 15.4 Å². The second kappa shape index (κ2) is 10.5. The summed E-state index contributed by atoms with van der Waals surface area (Å²) >= 11 is 0. The summed E-state index contributed by atoms with van der Waals surface area (Å²) in [6.07, 6.45) is 2.24. The van der Waals surface area contributed by atoms with Gasteiger partial charge >= 0.3 is 6.03 Å². The zero-order valence-electron chi connectivity index (χ0n) is 16.9. The lowest BCUT2D eigenvalue weighted by molar-refractivity contribution is -0.131. The topological polar surface area (TPSA) is 70.7 Å². The van der Waals surface area contributed by atoms with Crippen molar-refractivity contribution in [2.24, 2.45) is 5.92 Å². The smallest absolute Gasteiger partial charge is 0.315 e. The van der Waals surface area contributed by atoms with Crippen molar-refractivity contribution < 1.29 is 14.3 Å². The van der Waals surface area contributed by atoms with Gasteiger partial charge in [-0.3, -0.25) is 4.79 Å². The van der Waals surface area contributed by atoms with Gasteiger partial charge in [0.05, 0.1) is 7.11 Å². The van der Waals surface area contributed by atoms with Crippen LogP contribution in [0.4, 0.5) is 4.79 Å². The first-order valence-electron chi connectivity index (χ1n) is 10.1. The van der Waals surface area contributed by atoms with Crippen LogP contribution in [0.2, 0.25) is 0 Å². The van der Waals surface area contributed by atoms with Gasteiger partial charge in [-0.05, 0) is 42.0 Å². The lowest BCUT2D eigenvalue weighted by Crippen LogP contribution is -2.38. The number of carbonyl (C=O) groups excluding carboxylic acids is 2. The van der Waals surface area contributed by atoms with Crippen LogP contribution >= 0.6 is 0 Å². The van der Waals surface area contributed by atoms with Crippen molar-refractivity contribution in [2.45, 2.75) is 32.4 Å². The molecule has 1 aliphatic heterocycles. The lowest BCUT2D eigenvalue weighted by atomic mass is 10.0.